The number of aryl methyl sites for hydroxylation is 1. The summed E-state index contributed by atoms with van der Waals surface area (Å²) in [6, 6.07) is 16.6. The van der Waals surface area contributed by atoms with Gasteiger partial charge in [-0.05, 0) is 56.9 Å². The molecule has 1 heterocycles. The molecule has 0 amide bonds. The average Bonchev–Trinajstić information content (AvgIpc) is 3.25. The van der Waals surface area contributed by atoms with E-state index in [0.717, 1.165) is 29.8 Å². The van der Waals surface area contributed by atoms with Gasteiger partial charge in [0.25, 0.3) is 0 Å². The van der Waals surface area contributed by atoms with Crippen LogP contribution in [0.3, 0.4) is 0 Å². The summed E-state index contributed by atoms with van der Waals surface area (Å²) >= 11 is 0. The lowest BCUT2D eigenvalue weighted by atomic mass is 9.84. The number of rotatable bonds is 11. The van der Waals surface area contributed by atoms with E-state index in [4.69, 9.17) is 4.74 Å². The molecule has 0 fully saturated rings. The summed E-state index contributed by atoms with van der Waals surface area (Å²) < 4.78 is 7.74. The molecule has 3 aromatic rings. The summed E-state index contributed by atoms with van der Waals surface area (Å²) in [6.07, 6.45) is 12.7. The summed E-state index contributed by atoms with van der Waals surface area (Å²) in [6.45, 7) is 13.7. The van der Waals surface area contributed by atoms with Crippen LogP contribution in [0.4, 0.5) is 0 Å². The summed E-state index contributed by atoms with van der Waals surface area (Å²) in [5.41, 5.74) is 5.74. The van der Waals surface area contributed by atoms with Gasteiger partial charge in [-0.25, -0.2) is 4.68 Å². The lowest BCUT2D eigenvalue weighted by Crippen LogP contribution is -2.08. The molecule has 0 aliphatic rings. The number of allylic oxidation sites excluding steroid dienone is 4. The van der Waals surface area contributed by atoms with Gasteiger partial charge in [0.1, 0.15) is 18.1 Å². The Bertz CT molecular complexity index is 1090. The smallest absolute Gasteiger partial charge is 0.134 e. The third kappa shape index (κ3) is 7.90. The van der Waals surface area contributed by atoms with Gasteiger partial charge in [0.2, 0.25) is 0 Å². The molecule has 0 radical (unpaired) electrons. The van der Waals surface area contributed by atoms with Gasteiger partial charge in [-0.1, -0.05) is 84.0 Å². The molecule has 0 spiro atoms. The highest BCUT2D eigenvalue weighted by molar-refractivity contribution is 5.52. The molecule has 2 aromatic carbocycles. The minimum Gasteiger partial charge on any atom is -0.487 e. The van der Waals surface area contributed by atoms with Crippen molar-refractivity contribution in [2.45, 2.75) is 53.7 Å². The second-order valence-electron chi connectivity index (χ2n) is 9.11. The Balaban J connectivity index is 1.52. The Hall–Kier alpha value is -3.40. The van der Waals surface area contributed by atoms with E-state index in [1.807, 2.05) is 29.1 Å². The molecule has 172 valence electrons. The average molecular weight is 442 g/mol. The van der Waals surface area contributed by atoms with E-state index in [2.05, 4.69) is 99.2 Å². The lowest BCUT2D eigenvalue weighted by molar-refractivity contribution is 0.301. The largest absolute Gasteiger partial charge is 0.487 e. The number of ether oxygens (including phenoxy) is 1. The van der Waals surface area contributed by atoms with E-state index < -0.39 is 0 Å². The fourth-order valence-electron chi connectivity index (χ4n) is 3.41. The van der Waals surface area contributed by atoms with Crippen molar-refractivity contribution in [3.05, 3.63) is 107 Å². The molecule has 4 heteroatoms. The Labute approximate surface area is 198 Å². The Morgan fingerprint density at radius 3 is 2.48 bits per heavy atom. The van der Waals surface area contributed by atoms with Gasteiger partial charge in [0.05, 0.1) is 12.7 Å². The molecule has 1 aromatic heterocycles. The summed E-state index contributed by atoms with van der Waals surface area (Å²) in [4.78, 5) is 0. The van der Waals surface area contributed by atoms with Crippen LogP contribution < -0.4 is 4.74 Å². The Kier molecular flexibility index (Phi) is 8.42. The van der Waals surface area contributed by atoms with Crippen molar-refractivity contribution in [1.82, 2.24) is 15.0 Å². The molecule has 1 atom stereocenters. The number of benzene rings is 2. The standard InChI is InChI=1S/C29H35N3O/c1-6-29(5,18-7-8-23(2)3)19-17-25-13-15-28(16-14-25)33-22-27-21-32(31-30-27)20-26-11-9-24(4)10-12-26/h6,8-17,19,21H,1,7,18,20,22H2,2-5H3/b19-17+/t29-/m1/s1. The lowest BCUT2D eigenvalue weighted by Gasteiger charge is -2.20. The van der Waals surface area contributed by atoms with Gasteiger partial charge < -0.3 is 4.74 Å². The SMILES string of the molecule is C=C[C@@](C)(/C=C/c1ccc(OCc2cn(Cc3ccc(C)cc3)nn2)cc1)CCC=C(C)C. The first-order valence-corrected chi connectivity index (χ1v) is 11.5. The van der Waals surface area contributed by atoms with E-state index in [0.29, 0.717) is 13.2 Å². The Morgan fingerprint density at radius 1 is 1.09 bits per heavy atom. The number of hydrogen-bond donors (Lipinski definition) is 0. The zero-order valence-corrected chi connectivity index (χ0v) is 20.3. The van der Waals surface area contributed by atoms with Crippen LogP contribution >= 0.6 is 0 Å². The maximum absolute atomic E-state index is 5.91. The summed E-state index contributed by atoms with van der Waals surface area (Å²) in [5.74, 6) is 0.815. The third-order valence-electron chi connectivity index (χ3n) is 5.68. The zero-order chi connectivity index (χ0) is 23.7. The Morgan fingerprint density at radius 2 is 1.82 bits per heavy atom. The first-order chi connectivity index (χ1) is 15.8. The predicted octanol–water partition coefficient (Wildman–Crippen LogP) is 7.17. The molecule has 0 saturated carbocycles. The van der Waals surface area contributed by atoms with Crippen molar-refractivity contribution >= 4 is 6.08 Å². The van der Waals surface area contributed by atoms with Crippen LogP contribution in [0, 0.1) is 12.3 Å². The van der Waals surface area contributed by atoms with Crippen molar-refractivity contribution in [3.63, 3.8) is 0 Å². The van der Waals surface area contributed by atoms with E-state index in [1.165, 1.54) is 16.7 Å². The quantitative estimate of drug-likeness (QED) is 0.296. The molecule has 33 heavy (non-hydrogen) atoms. The summed E-state index contributed by atoms with van der Waals surface area (Å²) in [7, 11) is 0. The normalized spacial score (nSPS) is 13.0. The molecule has 0 unspecified atom stereocenters. The minimum atomic E-state index is -0.0223. The first kappa shape index (κ1) is 24.2. The topological polar surface area (TPSA) is 39.9 Å². The van der Waals surface area contributed by atoms with Gasteiger partial charge >= 0.3 is 0 Å². The van der Waals surface area contributed by atoms with Crippen LogP contribution in [0.15, 0.2) is 85.1 Å². The van der Waals surface area contributed by atoms with Crippen LogP contribution in [-0.4, -0.2) is 15.0 Å². The molecule has 0 aliphatic heterocycles. The molecule has 0 bridgehead atoms. The van der Waals surface area contributed by atoms with Crippen LogP contribution in [0.1, 0.15) is 56.0 Å². The van der Waals surface area contributed by atoms with E-state index in [1.54, 1.807) is 0 Å². The zero-order valence-electron chi connectivity index (χ0n) is 20.3. The number of aromatic nitrogens is 3. The fraction of sp³-hybridized carbons (Fsp3) is 0.310. The number of nitrogens with zero attached hydrogens (tertiary/aromatic N) is 3. The van der Waals surface area contributed by atoms with Crippen molar-refractivity contribution in [2.75, 3.05) is 0 Å². The van der Waals surface area contributed by atoms with E-state index in [9.17, 15) is 0 Å². The fourth-order valence-corrected chi connectivity index (χ4v) is 3.41. The van der Waals surface area contributed by atoms with Crippen molar-refractivity contribution in [1.29, 1.82) is 0 Å². The molecule has 0 saturated heterocycles. The molecule has 3 rings (SSSR count). The van der Waals surface area contributed by atoms with Gasteiger partial charge in [-0.2, -0.15) is 0 Å². The second-order valence-corrected chi connectivity index (χ2v) is 9.11. The highest BCUT2D eigenvalue weighted by Crippen LogP contribution is 2.28. The highest BCUT2D eigenvalue weighted by Gasteiger charge is 2.15. The molecular formula is C29H35N3O. The third-order valence-corrected chi connectivity index (χ3v) is 5.68. The summed E-state index contributed by atoms with van der Waals surface area (Å²) in [5, 5.41) is 8.44. The van der Waals surface area contributed by atoms with E-state index >= 15 is 0 Å². The van der Waals surface area contributed by atoms with Crippen molar-refractivity contribution < 1.29 is 4.74 Å². The van der Waals surface area contributed by atoms with Gasteiger partial charge in [0.15, 0.2) is 0 Å². The van der Waals surface area contributed by atoms with Gasteiger partial charge in [0, 0.05) is 5.41 Å². The van der Waals surface area contributed by atoms with E-state index in [-0.39, 0.29) is 5.41 Å². The van der Waals surface area contributed by atoms with Crippen LogP contribution in [0.25, 0.3) is 6.08 Å². The maximum Gasteiger partial charge on any atom is 0.134 e. The molecule has 4 nitrogen and oxygen atoms in total. The highest BCUT2D eigenvalue weighted by atomic mass is 16.5. The van der Waals surface area contributed by atoms with Gasteiger partial charge in [-0.15, -0.1) is 11.7 Å². The van der Waals surface area contributed by atoms with Crippen molar-refractivity contribution in [3.8, 4) is 5.75 Å². The van der Waals surface area contributed by atoms with Crippen LogP contribution in [-0.2, 0) is 13.2 Å². The van der Waals surface area contributed by atoms with Gasteiger partial charge in [-0.3, -0.25) is 0 Å². The molecular weight excluding hydrogens is 406 g/mol. The molecule has 0 aliphatic carbocycles. The van der Waals surface area contributed by atoms with Crippen LogP contribution in [0.5, 0.6) is 5.75 Å². The van der Waals surface area contributed by atoms with Crippen LogP contribution in [0.2, 0.25) is 0 Å². The first-order valence-electron chi connectivity index (χ1n) is 11.5. The predicted molar refractivity (Wildman–Crippen MR) is 137 cm³/mol. The number of hydrogen-bond acceptors (Lipinski definition) is 3. The monoisotopic (exact) mass is 441 g/mol. The van der Waals surface area contributed by atoms with Crippen molar-refractivity contribution in [2.24, 2.45) is 5.41 Å². The second kappa shape index (κ2) is 11.5. The maximum atomic E-state index is 5.91. The molecule has 0 N–H and O–H groups in total. The minimum absolute atomic E-state index is 0.0223.